The molecule has 0 saturated carbocycles. The second kappa shape index (κ2) is 22.4. The molecule has 2 amide bonds. The maximum atomic E-state index is 13.1. The van der Waals surface area contributed by atoms with Gasteiger partial charge in [-0.2, -0.15) is 13.2 Å². The molecule has 2 fully saturated rings. The van der Waals surface area contributed by atoms with Crippen LogP contribution in [0, 0.1) is 0 Å². The van der Waals surface area contributed by atoms with Gasteiger partial charge in [-0.1, -0.05) is 127 Å². The number of hydrogen-bond acceptors (Lipinski definition) is 6. The van der Waals surface area contributed by atoms with E-state index < -0.39 is 30.3 Å². The molecule has 2 saturated heterocycles. The minimum Gasteiger partial charge on any atom is -0.392 e. The van der Waals surface area contributed by atoms with E-state index in [1.807, 2.05) is 48.5 Å². The molecule has 2 N–H and O–H groups in total. The number of halogens is 3. The molecular weight excluding hydrogens is 683 g/mol. The highest BCUT2D eigenvalue weighted by Gasteiger charge is 2.47. The average molecular weight is 746 g/mol. The summed E-state index contributed by atoms with van der Waals surface area (Å²) in [6.07, 6.45) is 10.4. The van der Waals surface area contributed by atoms with E-state index in [1.165, 1.54) is 77.0 Å². The van der Waals surface area contributed by atoms with Crippen molar-refractivity contribution in [3.8, 4) is 0 Å². The highest BCUT2D eigenvalue weighted by Crippen LogP contribution is 2.38. The van der Waals surface area contributed by atoms with E-state index in [4.69, 9.17) is 9.47 Å². The van der Waals surface area contributed by atoms with Crippen molar-refractivity contribution in [2.24, 2.45) is 0 Å². The minimum absolute atomic E-state index is 0.0244. The van der Waals surface area contributed by atoms with Gasteiger partial charge in [-0.15, -0.1) is 0 Å². The van der Waals surface area contributed by atoms with E-state index in [1.54, 1.807) is 0 Å². The number of carbonyl (C=O) groups excluding carboxylic acids is 2. The monoisotopic (exact) mass is 745 g/mol. The fourth-order valence-electron chi connectivity index (χ4n) is 7.39. The van der Waals surface area contributed by atoms with Gasteiger partial charge in [0.05, 0.1) is 18.8 Å². The molecular formula is C42H62F3N3O5. The molecule has 2 aromatic rings. The lowest BCUT2D eigenvalue weighted by Crippen LogP contribution is -2.50. The molecule has 2 aliphatic rings. The summed E-state index contributed by atoms with van der Waals surface area (Å²) in [5.41, 5.74) is 3.47. The van der Waals surface area contributed by atoms with Crippen molar-refractivity contribution in [1.82, 2.24) is 15.1 Å². The highest BCUT2D eigenvalue weighted by atomic mass is 19.4. The lowest BCUT2D eigenvalue weighted by atomic mass is 9.99. The number of carbonyl (C=O) groups is 2. The Kier molecular flexibility index (Phi) is 18.1. The van der Waals surface area contributed by atoms with Gasteiger partial charge in [0, 0.05) is 31.6 Å². The Morgan fingerprint density at radius 2 is 1.38 bits per heavy atom. The number of likely N-dealkylation sites (tertiary alicyclic amines) is 1. The van der Waals surface area contributed by atoms with Crippen molar-refractivity contribution < 1.29 is 37.3 Å². The van der Waals surface area contributed by atoms with Crippen LogP contribution in [-0.4, -0.2) is 71.2 Å². The second-order valence-electron chi connectivity index (χ2n) is 14.8. The zero-order chi connectivity index (χ0) is 38.1. The van der Waals surface area contributed by atoms with Crippen molar-refractivity contribution in [3.05, 3.63) is 70.8 Å². The van der Waals surface area contributed by atoms with Crippen molar-refractivity contribution in [2.45, 2.75) is 154 Å². The first-order chi connectivity index (χ1) is 25.6. The molecule has 8 nitrogen and oxygen atoms in total. The molecule has 53 heavy (non-hydrogen) atoms. The van der Waals surface area contributed by atoms with Gasteiger partial charge in [0.2, 0.25) is 5.91 Å². The molecule has 0 unspecified atom stereocenters. The molecule has 0 aliphatic carbocycles. The van der Waals surface area contributed by atoms with Crippen molar-refractivity contribution in [1.29, 1.82) is 0 Å². The number of nitrogens with one attached hydrogen (secondary N) is 1. The first kappa shape index (κ1) is 42.7. The van der Waals surface area contributed by atoms with Gasteiger partial charge in [-0.25, -0.2) is 0 Å². The Morgan fingerprint density at radius 1 is 0.811 bits per heavy atom. The maximum absolute atomic E-state index is 13.1. The summed E-state index contributed by atoms with van der Waals surface area (Å²) in [4.78, 5) is 27.9. The zero-order valence-electron chi connectivity index (χ0n) is 31.9. The van der Waals surface area contributed by atoms with Gasteiger partial charge >= 0.3 is 12.1 Å². The SMILES string of the molecule is CCCCCCCCN(CCCCCCCC)C[C@H]1C[C@@H](c2ccc(CO)cc2)O[C@@H](c2ccc(CNC(=O)[C@@H]3CCCN3C(=O)C(F)(F)F)cc2)O1. The smallest absolute Gasteiger partial charge is 0.392 e. The number of aliphatic hydroxyl groups is 1. The third kappa shape index (κ3) is 14.0. The van der Waals surface area contributed by atoms with Gasteiger partial charge in [0.15, 0.2) is 6.29 Å². The van der Waals surface area contributed by atoms with Crippen LogP contribution in [-0.2, 0) is 32.2 Å². The maximum Gasteiger partial charge on any atom is 0.471 e. The van der Waals surface area contributed by atoms with Crippen LogP contribution >= 0.6 is 0 Å². The van der Waals surface area contributed by atoms with Crippen molar-refractivity contribution in [3.63, 3.8) is 0 Å². The molecule has 0 bridgehead atoms. The molecule has 0 aromatic heterocycles. The quantitative estimate of drug-likeness (QED) is 0.117. The number of aliphatic hydroxyl groups excluding tert-OH is 1. The van der Waals surface area contributed by atoms with Crippen molar-refractivity contribution >= 4 is 11.8 Å². The predicted molar refractivity (Wildman–Crippen MR) is 201 cm³/mol. The largest absolute Gasteiger partial charge is 0.471 e. The number of benzene rings is 2. The number of ether oxygens (including phenoxy) is 2. The van der Waals surface area contributed by atoms with Crippen molar-refractivity contribution in [2.75, 3.05) is 26.2 Å². The van der Waals surface area contributed by atoms with Gasteiger partial charge in [0.1, 0.15) is 6.04 Å². The third-order valence-corrected chi connectivity index (χ3v) is 10.5. The summed E-state index contributed by atoms with van der Waals surface area (Å²) in [5, 5.41) is 12.3. The number of nitrogens with zero attached hydrogens (tertiary/aromatic N) is 2. The van der Waals surface area contributed by atoms with Gasteiger partial charge < -0.3 is 29.7 Å². The fraction of sp³-hybridized carbons (Fsp3) is 0.667. The molecule has 11 heteroatoms. The predicted octanol–water partition coefficient (Wildman–Crippen LogP) is 8.92. The standard InChI is InChI=1S/C42H62F3N3O5/c1-3-5-7-9-11-13-25-47(26-14-12-10-8-6-4-2)30-36-28-38(34-21-19-33(31-49)20-22-34)53-40(52-36)35-23-17-32(18-24-35)29-46-39(50)37-16-15-27-48(37)41(51)42(43,44)45/h17-24,36-38,40,49H,3-16,25-31H2,1-2H3,(H,46,50)/t36-,37+,38+,40+/m1/s1. The fourth-order valence-corrected chi connectivity index (χ4v) is 7.39. The molecule has 4 atom stereocenters. The van der Waals surface area contributed by atoms with Crippen LogP contribution in [0.4, 0.5) is 13.2 Å². The molecule has 4 rings (SSSR count). The van der Waals surface area contributed by atoms with Gasteiger partial charge in [-0.3, -0.25) is 9.59 Å². The van der Waals surface area contributed by atoms with Gasteiger partial charge in [-0.05, 0) is 55.5 Å². The summed E-state index contributed by atoms with van der Waals surface area (Å²) in [7, 11) is 0. The van der Waals surface area contributed by atoms with E-state index in [0.717, 1.165) is 41.9 Å². The summed E-state index contributed by atoms with van der Waals surface area (Å²) in [6, 6.07) is 14.3. The second-order valence-corrected chi connectivity index (χ2v) is 14.8. The first-order valence-electron chi connectivity index (χ1n) is 20.1. The van der Waals surface area contributed by atoms with Crippen LogP contribution in [0.1, 0.15) is 145 Å². The first-order valence-corrected chi connectivity index (χ1v) is 20.1. The molecule has 2 heterocycles. The Morgan fingerprint density at radius 3 is 1.96 bits per heavy atom. The molecule has 2 aliphatic heterocycles. The van der Waals surface area contributed by atoms with Gasteiger partial charge in [0.25, 0.3) is 0 Å². The number of hydrogen-bond donors (Lipinski definition) is 2. The van der Waals surface area contributed by atoms with Crippen LogP contribution < -0.4 is 5.32 Å². The van der Waals surface area contributed by atoms with E-state index >= 15 is 0 Å². The lowest BCUT2D eigenvalue weighted by Gasteiger charge is -2.38. The van der Waals surface area contributed by atoms with E-state index in [-0.39, 0.29) is 38.3 Å². The Labute approximate surface area is 314 Å². The molecule has 0 spiro atoms. The Hall–Kier alpha value is -2.99. The highest BCUT2D eigenvalue weighted by molar-refractivity contribution is 5.90. The number of rotatable bonds is 22. The zero-order valence-corrected chi connectivity index (χ0v) is 31.9. The summed E-state index contributed by atoms with van der Waals surface area (Å²) >= 11 is 0. The number of unbranched alkanes of at least 4 members (excludes halogenated alkanes) is 10. The topological polar surface area (TPSA) is 91.3 Å². The van der Waals surface area contributed by atoms with E-state index in [0.29, 0.717) is 17.7 Å². The summed E-state index contributed by atoms with van der Waals surface area (Å²) in [5.74, 6) is -2.56. The van der Waals surface area contributed by atoms with Crippen LogP contribution in [0.25, 0.3) is 0 Å². The average Bonchev–Trinajstić information content (AvgIpc) is 3.66. The summed E-state index contributed by atoms with van der Waals surface area (Å²) in [6.45, 7) is 7.40. The third-order valence-electron chi connectivity index (χ3n) is 10.5. The lowest BCUT2D eigenvalue weighted by molar-refractivity contribution is -0.253. The van der Waals surface area contributed by atoms with E-state index in [9.17, 15) is 27.9 Å². The molecule has 0 radical (unpaired) electrons. The minimum atomic E-state index is -5.01. The molecule has 296 valence electrons. The van der Waals surface area contributed by atoms with Crippen LogP contribution in [0.3, 0.4) is 0 Å². The summed E-state index contributed by atoms with van der Waals surface area (Å²) < 4.78 is 52.4. The van der Waals surface area contributed by atoms with Crippen LogP contribution in [0.2, 0.25) is 0 Å². The Balaban J connectivity index is 1.42. The van der Waals surface area contributed by atoms with Crippen LogP contribution in [0.5, 0.6) is 0 Å². The number of amides is 2. The molecule has 2 aromatic carbocycles. The normalized spacial score (nSPS) is 20.6. The van der Waals surface area contributed by atoms with Crippen LogP contribution in [0.15, 0.2) is 48.5 Å². The Bertz CT molecular complexity index is 1340. The van der Waals surface area contributed by atoms with E-state index in [2.05, 4.69) is 24.1 Å². The number of alkyl halides is 3.